The summed E-state index contributed by atoms with van der Waals surface area (Å²) >= 11 is 5.74. The number of esters is 1. The van der Waals surface area contributed by atoms with Crippen LogP contribution < -0.4 is 4.74 Å². The SMILES string of the molecule is COC(=O)c1nc(-c2ccc(OCC(F)(F)F)cc2)c(F)cc1Cl. The molecule has 1 heterocycles. The molecule has 1 aromatic heterocycles. The summed E-state index contributed by atoms with van der Waals surface area (Å²) in [5.41, 5.74) is -0.233. The van der Waals surface area contributed by atoms with Crippen molar-refractivity contribution < 1.29 is 31.8 Å². The van der Waals surface area contributed by atoms with Gasteiger partial charge in [0.25, 0.3) is 0 Å². The van der Waals surface area contributed by atoms with E-state index in [9.17, 15) is 22.4 Å². The third-order valence-corrected chi connectivity index (χ3v) is 3.13. The Kier molecular flexibility index (Phi) is 5.28. The minimum Gasteiger partial charge on any atom is -0.484 e. The van der Waals surface area contributed by atoms with Gasteiger partial charge in [0, 0.05) is 5.56 Å². The summed E-state index contributed by atoms with van der Waals surface area (Å²) in [5.74, 6) is -1.68. The molecular formula is C15H10ClF4NO3. The van der Waals surface area contributed by atoms with Gasteiger partial charge >= 0.3 is 12.1 Å². The van der Waals surface area contributed by atoms with Gasteiger partial charge in [-0.2, -0.15) is 13.2 Å². The molecule has 0 saturated heterocycles. The molecule has 0 aliphatic rings. The molecule has 0 aliphatic heterocycles. The lowest BCUT2D eigenvalue weighted by molar-refractivity contribution is -0.153. The van der Waals surface area contributed by atoms with E-state index >= 15 is 0 Å². The highest BCUT2D eigenvalue weighted by Crippen LogP contribution is 2.28. The van der Waals surface area contributed by atoms with Crippen molar-refractivity contribution in [2.75, 3.05) is 13.7 Å². The maximum absolute atomic E-state index is 14.0. The standard InChI is InChI=1S/C15H10ClF4NO3/c1-23-14(22)13-10(16)6-11(17)12(21-13)8-2-4-9(5-3-8)24-7-15(18,19)20/h2-6H,7H2,1H3. The summed E-state index contributed by atoms with van der Waals surface area (Å²) in [6.45, 7) is -1.44. The fraction of sp³-hybridized carbons (Fsp3) is 0.200. The van der Waals surface area contributed by atoms with Crippen molar-refractivity contribution in [3.05, 3.63) is 46.9 Å². The Labute approximate surface area is 139 Å². The molecule has 0 fully saturated rings. The van der Waals surface area contributed by atoms with E-state index in [0.717, 1.165) is 13.2 Å². The van der Waals surface area contributed by atoms with Crippen LogP contribution in [-0.4, -0.2) is 30.8 Å². The number of hydrogen-bond donors (Lipinski definition) is 0. The molecule has 4 nitrogen and oxygen atoms in total. The maximum Gasteiger partial charge on any atom is 0.422 e. The molecule has 9 heteroatoms. The smallest absolute Gasteiger partial charge is 0.422 e. The second kappa shape index (κ2) is 7.04. The van der Waals surface area contributed by atoms with Crippen LogP contribution in [0.5, 0.6) is 5.75 Å². The van der Waals surface area contributed by atoms with Gasteiger partial charge in [0.2, 0.25) is 0 Å². The number of rotatable bonds is 4. The largest absolute Gasteiger partial charge is 0.484 e. The van der Waals surface area contributed by atoms with Gasteiger partial charge < -0.3 is 9.47 Å². The highest BCUT2D eigenvalue weighted by Gasteiger charge is 2.28. The second-order valence-corrected chi connectivity index (χ2v) is 4.98. The monoisotopic (exact) mass is 363 g/mol. The zero-order valence-corrected chi connectivity index (χ0v) is 12.9. The average Bonchev–Trinajstić information content (AvgIpc) is 2.52. The van der Waals surface area contributed by atoms with Gasteiger partial charge in [0.1, 0.15) is 11.4 Å². The summed E-state index contributed by atoms with van der Waals surface area (Å²) in [7, 11) is 1.12. The van der Waals surface area contributed by atoms with Crippen molar-refractivity contribution in [3.63, 3.8) is 0 Å². The van der Waals surface area contributed by atoms with Crippen molar-refractivity contribution in [3.8, 4) is 17.0 Å². The summed E-state index contributed by atoms with van der Waals surface area (Å²) in [6.07, 6.45) is -4.46. The number of methoxy groups -OCH3 is 1. The first-order chi connectivity index (χ1) is 11.2. The number of halogens is 5. The third kappa shape index (κ3) is 4.35. The van der Waals surface area contributed by atoms with E-state index in [1.807, 2.05) is 0 Å². The molecule has 2 aromatic rings. The summed E-state index contributed by atoms with van der Waals surface area (Å²) in [6, 6.07) is 5.99. The highest BCUT2D eigenvalue weighted by molar-refractivity contribution is 6.33. The van der Waals surface area contributed by atoms with Crippen LogP contribution in [-0.2, 0) is 4.74 Å². The number of ether oxygens (including phenoxy) is 2. The van der Waals surface area contributed by atoms with Gasteiger partial charge in [0.05, 0.1) is 12.1 Å². The zero-order chi connectivity index (χ0) is 17.9. The van der Waals surface area contributed by atoms with Crippen LogP contribution >= 0.6 is 11.6 Å². The number of carbonyl (C=O) groups is 1. The molecular weight excluding hydrogens is 354 g/mol. The van der Waals surface area contributed by atoms with E-state index in [-0.39, 0.29) is 27.7 Å². The van der Waals surface area contributed by atoms with Crippen LogP contribution in [0.25, 0.3) is 11.3 Å². The van der Waals surface area contributed by atoms with E-state index in [1.165, 1.54) is 24.3 Å². The lowest BCUT2D eigenvalue weighted by Gasteiger charge is -2.10. The molecule has 0 aliphatic carbocycles. The van der Waals surface area contributed by atoms with Gasteiger partial charge in [-0.25, -0.2) is 14.2 Å². The van der Waals surface area contributed by atoms with Crippen LogP contribution in [0.2, 0.25) is 5.02 Å². The van der Waals surface area contributed by atoms with Crippen molar-refractivity contribution in [2.24, 2.45) is 0 Å². The Balaban J connectivity index is 2.30. The summed E-state index contributed by atoms with van der Waals surface area (Å²) in [5, 5.41) is -0.215. The van der Waals surface area contributed by atoms with Gasteiger partial charge in [-0.15, -0.1) is 0 Å². The molecule has 2 rings (SSSR count). The Morgan fingerprint density at radius 3 is 2.42 bits per heavy atom. The topological polar surface area (TPSA) is 48.4 Å². The Hall–Kier alpha value is -2.35. The number of aromatic nitrogens is 1. The lowest BCUT2D eigenvalue weighted by atomic mass is 10.1. The summed E-state index contributed by atoms with van der Waals surface area (Å²) < 4.78 is 59.3. The molecule has 0 saturated carbocycles. The van der Waals surface area contributed by atoms with E-state index in [4.69, 9.17) is 11.6 Å². The number of carbonyl (C=O) groups excluding carboxylic acids is 1. The Morgan fingerprint density at radius 1 is 1.25 bits per heavy atom. The lowest BCUT2D eigenvalue weighted by Crippen LogP contribution is -2.19. The fourth-order valence-corrected chi connectivity index (χ4v) is 2.00. The molecule has 0 amide bonds. The van der Waals surface area contributed by atoms with E-state index in [1.54, 1.807) is 0 Å². The van der Waals surface area contributed by atoms with E-state index in [2.05, 4.69) is 14.5 Å². The normalized spacial score (nSPS) is 11.2. The molecule has 0 N–H and O–H groups in total. The third-order valence-electron chi connectivity index (χ3n) is 2.84. The molecule has 0 unspecified atom stereocenters. The molecule has 0 spiro atoms. The van der Waals surface area contributed by atoms with E-state index < -0.39 is 24.6 Å². The molecule has 0 atom stereocenters. The highest BCUT2D eigenvalue weighted by atomic mass is 35.5. The number of alkyl halides is 3. The van der Waals surface area contributed by atoms with Crippen LogP contribution in [0.15, 0.2) is 30.3 Å². The number of benzene rings is 1. The number of pyridine rings is 1. The zero-order valence-electron chi connectivity index (χ0n) is 12.2. The number of hydrogen-bond acceptors (Lipinski definition) is 4. The predicted molar refractivity (Wildman–Crippen MR) is 77.5 cm³/mol. The molecule has 24 heavy (non-hydrogen) atoms. The Bertz CT molecular complexity index is 748. The number of nitrogens with zero attached hydrogens (tertiary/aromatic N) is 1. The van der Waals surface area contributed by atoms with Gasteiger partial charge in [-0.05, 0) is 30.3 Å². The first-order valence-corrected chi connectivity index (χ1v) is 6.83. The minimum absolute atomic E-state index is 0.0429. The molecule has 0 radical (unpaired) electrons. The molecule has 128 valence electrons. The first-order valence-electron chi connectivity index (χ1n) is 6.45. The van der Waals surface area contributed by atoms with Crippen molar-refractivity contribution in [2.45, 2.75) is 6.18 Å². The Morgan fingerprint density at radius 2 is 1.88 bits per heavy atom. The minimum atomic E-state index is -4.46. The fourth-order valence-electron chi connectivity index (χ4n) is 1.78. The van der Waals surface area contributed by atoms with Crippen molar-refractivity contribution in [1.82, 2.24) is 4.98 Å². The average molecular weight is 364 g/mol. The van der Waals surface area contributed by atoms with Gasteiger partial charge in [-0.3, -0.25) is 0 Å². The predicted octanol–water partition coefficient (Wildman–Crippen LogP) is 4.27. The summed E-state index contributed by atoms with van der Waals surface area (Å²) in [4.78, 5) is 15.4. The van der Waals surface area contributed by atoms with Crippen molar-refractivity contribution in [1.29, 1.82) is 0 Å². The molecule has 1 aromatic carbocycles. The van der Waals surface area contributed by atoms with E-state index in [0.29, 0.717) is 0 Å². The van der Waals surface area contributed by atoms with Crippen LogP contribution in [0.4, 0.5) is 17.6 Å². The first kappa shape index (κ1) is 18.0. The molecule has 0 bridgehead atoms. The van der Waals surface area contributed by atoms with Crippen LogP contribution in [0, 0.1) is 5.82 Å². The maximum atomic E-state index is 14.0. The van der Waals surface area contributed by atoms with Gasteiger partial charge in [-0.1, -0.05) is 11.6 Å². The van der Waals surface area contributed by atoms with Crippen LogP contribution in [0.3, 0.4) is 0 Å². The van der Waals surface area contributed by atoms with Crippen LogP contribution in [0.1, 0.15) is 10.5 Å². The second-order valence-electron chi connectivity index (χ2n) is 4.57. The quantitative estimate of drug-likeness (QED) is 0.601. The van der Waals surface area contributed by atoms with Crippen molar-refractivity contribution >= 4 is 17.6 Å². The van der Waals surface area contributed by atoms with Gasteiger partial charge in [0.15, 0.2) is 18.1 Å².